The van der Waals surface area contributed by atoms with Crippen molar-refractivity contribution in [2.75, 3.05) is 11.9 Å². The lowest BCUT2D eigenvalue weighted by Crippen LogP contribution is -2.56. The van der Waals surface area contributed by atoms with Gasteiger partial charge in [0.25, 0.3) is 5.91 Å². The minimum atomic E-state index is -0.784. The fourth-order valence-corrected chi connectivity index (χ4v) is 2.99. The van der Waals surface area contributed by atoms with Crippen LogP contribution in [0.1, 0.15) is 38.1 Å². The highest BCUT2D eigenvalue weighted by Gasteiger charge is 2.30. The molecule has 3 amide bonds. The van der Waals surface area contributed by atoms with Gasteiger partial charge >= 0.3 is 6.03 Å². The number of hydrogen-bond acceptors (Lipinski definition) is 3. The summed E-state index contributed by atoms with van der Waals surface area (Å²) >= 11 is 12.0. The van der Waals surface area contributed by atoms with Crippen molar-refractivity contribution in [3.63, 3.8) is 0 Å². The van der Waals surface area contributed by atoms with Gasteiger partial charge in [0.1, 0.15) is 11.6 Å². The van der Waals surface area contributed by atoms with Gasteiger partial charge in [-0.15, -0.1) is 0 Å². The van der Waals surface area contributed by atoms with Crippen LogP contribution in [-0.2, 0) is 0 Å². The second-order valence-corrected chi connectivity index (χ2v) is 7.98. The smallest absolute Gasteiger partial charge is 0.338 e. The first kappa shape index (κ1) is 22.8. The quantitative estimate of drug-likeness (QED) is 0.614. The molecule has 0 atom stereocenters. The van der Waals surface area contributed by atoms with Gasteiger partial charge in [-0.1, -0.05) is 23.2 Å². The van der Waals surface area contributed by atoms with Gasteiger partial charge in [-0.3, -0.25) is 4.79 Å². The number of hydrogen-bond donors (Lipinski definition) is 2. The van der Waals surface area contributed by atoms with Crippen molar-refractivity contribution in [1.82, 2.24) is 10.4 Å². The highest BCUT2D eigenvalue weighted by molar-refractivity contribution is 6.35. The Morgan fingerprint density at radius 3 is 2.28 bits per heavy atom. The molecule has 0 spiro atoms. The van der Waals surface area contributed by atoms with Gasteiger partial charge in [0.15, 0.2) is 0 Å². The number of halogens is 3. The van der Waals surface area contributed by atoms with E-state index in [1.54, 1.807) is 27.7 Å². The van der Waals surface area contributed by atoms with Crippen molar-refractivity contribution in [2.24, 2.45) is 0 Å². The number of anilines is 1. The van der Waals surface area contributed by atoms with Crippen LogP contribution in [0.4, 0.5) is 14.9 Å². The summed E-state index contributed by atoms with van der Waals surface area (Å²) in [5, 5.41) is 4.23. The standard InChI is InChI=1S/C20H22Cl2FN3O3/c1-5-29-17-7-6-15(23)11-16(17)24-19(28)25-26(20(2,3)4)18(27)12-8-13(21)10-14(22)9-12/h6-11H,5H2,1-4H3,(H2,24,25,28). The summed E-state index contributed by atoms with van der Waals surface area (Å²) in [5.74, 6) is -0.748. The Bertz CT molecular complexity index is 896. The van der Waals surface area contributed by atoms with Crippen LogP contribution in [0.5, 0.6) is 5.75 Å². The minimum absolute atomic E-state index is 0.136. The van der Waals surface area contributed by atoms with Crippen LogP contribution in [-0.4, -0.2) is 29.1 Å². The molecule has 6 nitrogen and oxygen atoms in total. The lowest BCUT2D eigenvalue weighted by molar-refractivity contribution is 0.0460. The molecule has 0 aliphatic carbocycles. The van der Waals surface area contributed by atoms with Crippen LogP contribution < -0.4 is 15.5 Å². The molecule has 0 fully saturated rings. The van der Waals surface area contributed by atoms with E-state index in [0.717, 1.165) is 11.1 Å². The average Bonchev–Trinajstić information content (AvgIpc) is 2.60. The molecule has 0 aliphatic heterocycles. The summed E-state index contributed by atoms with van der Waals surface area (Å²) in [6.45, 7) is 7.33. The molecule has 2 aromatic carbocycles. The van der Waals surface area contributed by atoms with E-state index in [9.17, 15) is 14.0 Å². The predicted molar refractivity (Wildman–Crippen MR) is 112 cm³/mol. The molecule has 2 N–H and O–H groups in total. The van der Waals surface area contributed by atoms with Crippen LogP contribution in [0.25, 0.3) is 0 Å². The highest BCUT2D eigenvalue weighted by atomic mass is 35.5. The number of amides is 3. The number of benzene rings is 2. The molecule has 2 rings (SSSR count). The second-order valence-electron chi connectivity index (χ2n) is 7.11. The highest BCUT2D eigenvalue weighted by Crippen LogP contribution is 2.26. The monoisotopic (exact) mass is 441 g/mol. The van der Waals surface area contributed by atoms with Crippen molar-refractivity contribution in [3.8, 4) is 5.75 Å². The van der Waals surface area contributed by atoms with Crippen LogP contribution in [0.3, 0.4) is 0 Å². The normalized spacial score (nSPS) is 11.0. The van der Waals surface area contributed by atoms with Crippen molar-refractivity contribution in [1.29, 1.82) is 0 Å². The number of nitrogens with one attached hydrogen (secondary N) is 2. The maximum atomic E-state index is 13.6. The van der Waals surface area contributed by atoms with E-state index in [0.29, 0.717) is 22.4 Å². The van der Waals surface area contributed by atoms with E-state index in [4.69, 9.17) is 27.9 Å². The molecule has 2 aromatic rings. The third kappa shape index (κ3) is 6.24. The first-order chi connectivity index (χ1) is 13.5. The Morgan fingerprint density at radius 1 is 1.10 bits per heavy atom. The fraction of sp³-hybridized carbons (Fsp3) is 0.300. The second kappa shape index (κ2) is 9.33. The zero-order valence-electron chi connectivity index (χ0n) is 16.5. The van der Waals surface area contributed by atoms with Crippen molar-refractivity contribution >= 4 is 40.8 Å². The van der Waals surface area contributed by atoms with Crippen LogP contribution in [0.2, 0.25) is 10.0 Å². The number of carbonyl (C=O) groups is 2. The summed E-state index contributed by atoms with van der Waals surface area (Å²) < 4.78 is 19.0. The largest absolute Gasteiger partial charge is 0.492 e. The molecule has 0 saturated carbocycles. The van der Waals surface area contributed by atoms with E-state index in [-0.39, 0.29) is 11.3 Å². The number of urea groups is 1. The topological polar surface area (TPSA) is 70.7 Å². The molecule has 0 aromatic heterocycles. The van der Waals surface area contributed by atoms with Gasteiger partial charge < -0.3 is 10.1 Å². The van der Waals surface area contributed by atoms with Crippen molar-refractivity contribution < 1.29 is 18.7 Å². The molecule has 0 bridgehead atoms. The molecule has 0 aliphatic rings. The Kier molecular flexibility index (Phi) is 7.32. The fourth-order valence-electron chi connectivity index (χ4n) is 2.46. The van der Waals surface area contributed by atoms with E-state index >= 15 is 0 Å². The average molecular weight is 442 g/mol. The maximum absolute atomic E-state index is 13.6. The van der Waals surface area contributed by atoms with Gasteiger partial charge in [-0.05, 0) is 58.0 Å². The number of rotatable bonds is 4. The Labute approximate surface area is 178 Å². The number of ether oxygens (including phenoxy) is 1. The lowest BCUT2D eigenvalue weighted by Gasteiger charge is -2.35. The molecular weight excluding hydrogens is 420 g/mol. The first-order valence-corrected chi connectivity index (χ1v) is 9.57. The van der Waals surface area contributed by atoms with Crippen LogP contribution in [0, 0.1) is 5.82 Å². The Morgan fingerprint density at radius 2 is 1.72 bits per heavy atom. The molecule has 0 saturated heterocycles. The molecule has 0 heterocycles. The van der Waals surface area contributed by atoms with Gasteiger partial charge in [-0.25, -0.2) is 19.6 Å². The molecule has 0 radical (unpaired) electrons. The third-order valence-corrected chi connectivity index (χ3v) is 4.12. The van der Waals surface area contributed by atoms with Crippen molar-refractivity contribution in [2.45, 2.75) is 33.2 Å². The number of nitrogens with zero attached hydrogens (tertiary/aromatic N) is 1. The van der Waals surface area contributed by atoms with Gasteiger partial charge in [0.05, 0.1) is 17.8 Å². The predicted octanol–water partition coefficient (Wildman–Crippen LogP) is 5.51. The molecular formula is C20H22Cl2FN3O3. The van der Waals surface area contributed by atoms with Crippen molar-refractivity contribution in [3.05, 3.63) is 57.8 Å². The molecule has 29 heavy (non-hydrogen) atoms. The number of carbonyl (C=O) groups excluding carboxylic acids is 2. The van der Waals surface area contributed by atoms with Gasteiger partial charge in [-0.2, -0.15) is 0 Å². The maximum Gasteiger partial charge on any atom is 0.338 e. The Balaban J connectivity index is 2.26. The summed E-state index contributed by atoms with van der Waals surface area (Å²) in [5.41, 5.74) is 2.06. The van der Waals surface area contributed by atoms with E-state index in [1.165, 1.54) is 30.3 Å². The third-order valence-electron chi connectivity index (χ3n) is 3.69. The number of hydrazine groups is 1. The SMILES string of the molecule is CCOc1ccc(F)cc1NC(=O)NN(C(=O)c1cc(Cl)cc(Cl)c1)C(C)(C)C. The molecule has 0 unspecified atom stereocenters. The molecule has 9 heteroatoms. The lowest BCUT2D eigenvalue weighted by atomic mass is 10.1. The van der Waals surface area contributed by atoms with Crippen LogP contribution in [0.15, 0.2) is 36.4 Å². The first-order valence-electron chi connectivity index (χ1n) is 8.82. The summed E-state index contributed by atoms with van der Waals surface area (Å²) in [6, 6.07) is 7.43. The minimum Gasteiger partial charge on any atom is -0.492 e. The van der Waals surface area contributed by atoms with E-state index in [2.05, 4.69) is 10.7 Å². The Hall–Kier alpha value is -2.51. The van der Waals surface area contributed by atoms with E-state index in [1.807, 2.05) is 0 Å². The van der Waals surface area contributed by atoms with Gasteiger partial charge in [0, 0.05) is 21.7 Å². The molecule has 156 valence electrons. The summed E-state index contributed by atoms with van der Waals surface area (Å²) in [6.07, 6.45) is 0. The van der Waals surface area contributed by atoms with Crippen LogP contribution >= 0.6 is 23.2 Å². The summed E-state index contributed by atoms with van der Waals surface area (Å²) in [4.78, 5) is 25.5. The van der Waals surface area contributed by atoms with Gasteiger partial charge in [0.2, 0.25) is 0 Å². The summed E-state index contributed by atoms with van der Waals surface area (Å²) in [7, 11) is 0. The zero-order chi connectivity index (χ0) is 21.8. The van der Waals surface area contributed by atoms with E-state index < -0.39 is 23.3 Å². The zero-order valence-corrected chi connectivity index (χ0v) is 18.0.